The lowest BCUT2D eigenvalue weighted by atomic mass is 10.1. The smallest absolute Gasteiger partial charge is 0.261 e. The molecule has 5 nitrogen and oxygen atoms in total. The molecule has 0 bridgehead atoms. The summed E-state index contributed by atoms with van der Waals surface area (Å²) >= 11 is 12.6. The normalized spacial score (nSPS) is 11.6. The summed E-state index contributed by atoms with van der Waals surface area (Å²) in [6, 6.07) is 13.6. The van der Waals surface area contributed by atoms with Crippen LogP contribution in [0.2, 0.25) is 10.0 Å². The summed E-state index contributed by atoms with van der Waals surface area (Å²) in [4.78, 5) is 27.2. The van der Waals surface area contributed by atoms with Crippen molar-refractivity contribution < 1.29 is 14.3 Å². The van der Waals surface area contributed by atoms with Gasteiger partial charge >= 0.3 is 0 Å². The molecule has 0 spiro atoms. The Morgan fingerprint density at radius 2 is 1.69 bits per heavy atom. The zero-order chi connectivity index (χ0) is 21.2. The van der Waals surface area contributed by atoms with Crippen molar-refractivity contribution >= 4 is 35.0 Å². The maximum atomic E-state index is 13.1. The maximum Gasteiger partial charge on any atom is 0.261 e. The molecule has 0 radical (unpaired) electrons. The summed E-state index contributed by atoms with van der Waals surface area (Å²) in [5, 5.41) is 3.76. The number of hydrogen-bond donors (Lipinski definition) is 1. The molecule has 1 atom stereocenters. The van der Waals surface area contributed by atoms with Gasteiger partial charge in [0.1, 0.15) is 11.8 Å². The van der Waals surface area contributed by atoms with Crippen LogP contribution in [0, 0.1) is 0 Å². The number of para-hydroxylation sites is 1. The molecule has 1 unspecified atom stereocenters. The monoisotopic (exact) mass is 436 g/mol. The van der Waals surface area contributed by atoms with E-state index >= 15 is 0 Å². The zero-order valence-electron chi connectivity index (χ0n) is 16.7. The quantitative estimate of drug-likeness (QED) is 0.586. The fourth-order valence-electron chi connectivity index (χ4n) is 2.88. The van der Waals surface area contributed by atoms with E-state index in [-0.39, 0.29) is 25.0 Å². The minimum Gasteiger partial charge on any atom is -0.484 e. The van der Waals surface area contributed by atoms with Crippen molar-refractivity contribution in [1.29, 1.82) is 0 Å². The first-order chi connectivity index (χ1) is 14.0. The summed E-state index contributed by atoms with van der Waals surface area (Å²) in [6.45, 7) is 4.31. The predicted molar refractivity (Wildman–Crippen MR) is 116 cm³/mol. The molecule has 156 valence electrons. The van der Waals surface area contributed by atoms with Crippen molar-refractivity contribution in [2.45, 2.75) is 39.3 Å². The van der Waals surface area contributed by atoms with Crippen molar-refractivity contribution in [3.8, 4) is 5.75 Å². The number of halogens is 2. The number of nitrogens with one attached hydrogen (secondary N) is 1. The van der Waals surface area contributed by atoms with E-state index in [1.54, 1.807) is 30.3 Å². The Morgan fingerprint density at radius 3 is 2.28 bits per heavy atom. The van der Waals surface area contributed by atoms with E-state index in [0.29, 0.717) is 34.3 Å². The first-order valence-electron chi connectivity index (χ1n) is 9.65. The molecule has 2 aromatic carbocycles. The summed E-state index contributed by atoms with van der Waals surface area (Å²) < 4.78 is 5.61. The van der Waals surface area contributed by atoms with Crippen LogP contribution in [0.3, 0.4) is 0 Å². The number of carbonyl (C=O) groups is 2. The van der Waals surface area contributed by atoms with Crippen LogP contribution in [0.25, 0.3) is 0 Å². The van der Waals surface area contributed by atoms with E-state index in [1.807, 2.05) is 32.0 Å². The second-order valence-corrected chi connectivity index (χ2v) is 7.35. The van der Waals surface area contributed by atoms with Gasteiger partial charge in [0.05, 0.1) is 0 Å². The van der Waals surface area contributed by atoms with E-state index in [0.717, 1.165) is 6.42 Å². The minimum atomic E-state index is -0.652. The Hall–Kier alpha value is -2.24. The van der Waals surface area contributed by atoms with Gasteiger partial charge in [0.25, 0.3) is 5.91 Å². The van der Waals surface area contributed by atoms with Crippen molar-refractivity contribution in [3.05, 3.63) is 64.1 Å². The van der Waals surface area contributed by atoms with Crippen LogP contribution in [0.15, 0.2) is 48.5 Å². The number of nitrogens with zero attached hydrogens (tertiary/aromatic N) is 1. The van der Waals surface area contributed by atoms with Crippen LogP contribution in [-0.2, 0) is 16.1 Å². The zero-order valence-corrected chi connectivity index (χ0v) is 18.2. The summed E-state index contributed by atoms with van der Waals surface area (Å²) in [6.07, 6.45) is 1.26. The summed E-state index contributed by atoms with van der Waals surface area (Å²) in [5.74, 6) is 0.0639. The highest BCUT2D eigenvalue weighted by atomic mass is 35.5. The molecule has 0 saturated heterocycles. The maximum absolute atomic E-state index is 13.1. The lowest BCUT2D eigenvalue weighted by Gasteiger charge is -2.31. The molecule has 0 saturated carbocycles. The van der Waals surface area contributed by atoms with Crippen molar-refractivity contribution in [2.75, 3.05) is 13.2 Å². The second kappa shape index (κ2) is 11.7. The van der Waals surface area contributed by atoms with Crippen LogP contribution in [0.5, 0.6) is 5.75 Å². The van der Waals surface area contributed by atoms with E-state index in [9.17, 15) is 9.59 Å². The summed E-state index contributed by atoms with van der Waals surface area (Å²) in [7, 11) is 0. The van der Waals surface area contributed by atoms with Crippen LogP contribution in [0.1, 0.15) is 32.3 Å². The van der Waals surface area contributed by atoms with Gasteiger partial charge in [0.15, 0.2) is 6.61 Å². The van der Waals surface area contributed by atoms with E-state index in [2.05, 4.69) is 5.32 Å². The first kappa shape index (κ1) is 23.0. The third kappa shape index (κ3) is 6.65. The van der Waals surface area contributed by atoms with Gasteiger partial charge < -0.3 is 15.0 Å². The van der Waals surface area contributed by atoms with Crippen molar-refractivity contribution in [3.63, 3.8) is 0 Å². The molecule has 2 aromatic rings. The molecular weight excluding hydrogens is 411 g/mol. The number of amides is 2. The van der Waals surface area contributed by atoms with Gasteiger partial charge in [-0.3, -0.25) is 9.59 Å². The third-order valence-electron chi connectivity index (χ3n) is 4.43. The van der Waals surface area contributed by atoms with Crippen molar-refractivity contribution in [1.82, 2.24) is 10.2 Å². The van der Waals surface area contributed by atoms with Gasteiger partial charge in [-0.05, 0) is 37.1 Å². The fraction of sp³-hybridized carbons (Fsp3) is 0.364. The van der Waals surface area contributed by atoms with Gasteiger partial charge in [0.2, 0.25) is 5.91 Å². The van der Waals surface area contributed by atoms with Crippen LogP contribution in [-0.4, -0.2) is 35.9 Å². The standard InChI is InChI=1S/C22H26Cl2N2O3/c1-3-13-25-22(28)20(4-2)26(14-17-18(23)11-8-12-19(17)24)21(27)15-29-16-9-6-5-7-10-16/h5-12,20H,3-4,13-15H2,1-2H3,(H,25,28). The van der Waals surface area contributed by atoms with Crippen LogP contribution in [0.4, 0.5) is 0 Å². The van der Waals surface area contributed by atoms with Crippen molar-refractivity contribution in [2.24, 2.45) is 0 Å². The molecule has 0 fully saturated rings. The fourth-order valence-corrected chi connectivity index (χ4v) is 3.40. The molecule has 1 N–H and O–H groups in total. The average Bonchev–Trinajstić information content (AvgIpc) is 2.73. The molecule has 29 heavy (non-hydrogen) atoms. The number of ether oxygens (including phenoxy) is 1. The predicted octanol–water partition coefficient (Wildman–Crippen LogP) is 4.71. The minimum absolute atomic E-state index is 0.119. The van der Waals surface area contributed by atoms with Gasteiger partial charge in [-0.1, -0.05) is 61.3 Å². The number of hydrogen-bond acceptors (Lipinski definition) is 3. The Balaban J connectivity index is 2.25. The lowest BCUT2D eigenvalue weighted by molar-refractivity contribution is -0.143. The van der Waals surface area contributed by atoms with E-state index < -0.39 is 6.04 Å². The van der Waals surface area contributed by atoms with Crippen LogP contribution >= 0.6 is 23.2 Å². The lowest BCUT2D eigenvalue weighted by Crippen LogP contribution is -2.50. The number of rotatable bonds is 10. The molecular formula is C22H26Cl2N2O3. The largest absolute Gasteiger partial charge is 0.484 e. The van der Waals surface area contributed by atoms with Crippen LogP contribution < -0.4 is 10.1 Å². The molecule has 7 heteroatoms. The topological polar surface area (TPSA) is 58.6 Å². The Bertz CT molecular complexity index is 795. The Labute approximate surface area is 181 Å². The van der Waals surface area contributed by atoms with E-state index in [4.69, 9.17) is 27.9 Å². The SMILES string of the molecule is CCCNC(=O)C(CC)N(Cc1c(Cl)cccc1Cl)C(=O)COc1ccccc1. The molecule has 0 aliphatic rings. The molecule has 0 heterocycles. The third-order valence-corrected chi connectivity index (χ3v) is 5.14. The highest BCUT2D eigenvalue weighted by molar-refractivity contribution is 6.36. The van der Waals surface area contributed by atoms with Gasteiger partial charge in [-0.25, -0.2) is 0 Å². The highest BCUT2D eigenvalue weighted by Gasteiger charge is 2.29. The highest BCUT2D eigenvalue weighted by Crippen LogP contribution is 2.27. The summed E-state index contributed by atoms with van der Waals surface area (Å²) in [5.41, 5.74) is 0.602. The average molecular weight is 437 g/mol. The Morgan fingerprint density at radius 1 is 1.03 bits per heavy atom. The Kier molecular flexibility index (Phi) is 9.29. The molecule has 2 rings (SSSR count). The molecule has 2 amide bonds. The molecule has 0 aromatic heterocycles. The first-order valence-corrected chi connectivity index (χ1v) is 10.4. The molecule has 0 aliphatic heterocycles. The number of benzene rings is 2. The van der Waals surface area contributed by atoms with Gasteiger partial charge in [-0.15, -0.1) is 0 Å². The van der Waals surface area contributed by atoms with Gasteiger partial charge in [0, 0.05) is 28.7 Å². The molecule has 0 aliphatic carbocycles. The number of carbonyl (C=O) groups excluding carboxylic acids is 2. The van der Waals surface area contributed by atoms with E-state index in [1.165, 1.54) is 4.90 Å². The van der Waals surface area contributed by atoms with Gasteiger partial charge in [-0.2, -0.15) is 0 Å². The second-order valence-electron chi connectivity index (χ2n) is 6.54.